The van der Waals surface area contributed by atoms with Gasteiger partial charge in [-0.15, -0.1) is 11.6 Å². The van der Waals surface area contributed by atoms with E-state index in [9.17, 15) is 0 Å². The molecule has 0 amide bonds. The summed E-state index contributed by atoms with van der Waals surface area (Å²) in [6.07, 6.45) is 0. The first-order chi connectivity index (χ1) is 7.69. The molecule has 0 atom stereocenters. The van der Waals surface area contributed by atoms with Gasteiger partial charge in [0.2, 0.25) is 5.62 Å². The lowest BCUT2D eigenvalue weighted by Crippen LogP contribution is -2.27. The van der Waals surface area contributed by atoms with Crippen LogP contribution in [0.25, 0.3) is 0 Å². The van der Waals surface area contributed by atoms with Crippen molar-refractivity contribution in [2.75, 3.05) is 29.6 Å². The van der Waals surface area contributed by atoms with Gasteiger partial charge in [-0.25, -0.2) is 0 Å². The quantitative estimate of drug-likeness (QED) is 0.702. The molecule has 0 fully saturated rings. The topological polar surface area (TPSA) is 94.7 Å². The average molecular weight is 239 g/mol. The Labute approximate surface area is 97.4 Å². The molecule has 3 N–H and O–H groups in total. The number of aromatic nitrogens is 2. The van der Waals surface area contributed by atoms with Crippen LogP contribution in [0.2, 0.25) is 0 Å². The number of fused-ring (bicyclic) bond motifs is 1. The Balaban J connectivity index is 2.63. The number of nitrogens with two attached hydrogens (primary N) is 1. The molecule has 6 nitrogen and oxygen atoms in total. The summed E-state index contributed by atoms with van der Waals surface area (Å²) in [5.41, 5.74) is 6.06. The number of nitriles is 1. The maximum atomic E-state index is 9.06. The van der Waals surface area contributed by atoms with E-state index in [2.05, 4.69) is 4.98 Å². The smallest absolute Gasteiger partial charge is 0.225 e. The number of nitrogens with one attached hydrogen (secondary N) is 1. The van der Waals surface area contributed by atoms with Gasteiger partial charge in [0.1, 0.15) is 23.3 Å². The van der Waals surface area contributed by atoms with Crippen LogP contribution in [0.5, 0.6) is 0 Å². The predicted octanol–water partition coefficient (Wildman–Crippen LogP) is -0.125. The molecule has 1 aliphatic rings. The summed E-state index contributed by atoms with van der Waals surface area (Å²) in [5.74, 6) is 1.25. The minimum atomic E-state index is 0.0866. The number of hydrogen-bond acceptors (Lipinski definition) is 5. The Morgan fingerprint density at radius 1 is 1.56 bits per heavy atom. The third-order valence-electron chi connectivity index (χ3n) is 2.58. The summed E-state index contributed by atoms with van der Waals surface area (Å²) >= 11 is 5.70. The summed E-state index contributed by atoms with van der Waals surface area (Å²) in [7, 11) is 0. The van der Waals surface area contributed by atoms with Crippen molar-refractivity contribution in [3.8, 4) is 6.07 Å². The number of anilines is 2. The number of alkyl halides is 1. The number of nitrogen functional groups attached to an aromatic ring is 1. The first-order valence-corrected chi connectivity index (χ1v) is 5.38. The minimum absolute atomic E-state index is 0.0866. The molecular formula is C9H11ClN6. The zero-order valence-electron chi connectivity index (χ0n) is 8.57. The molecular weight excluding hydrogens is 228 g/mol. The molecule has 0 unspecified atom stereocenters. The average Bonchev–Trinajstić information content (AvgIpc) is 2.64. The van der Waals surface area contributed by atoms with Gasteiger partial charge in [-0.05, 0) is 0 Å². The highest BCUT2D eigenvalue weighted by Crippen LogP contribution is 2.25. The van der Waals surface area contributed by atoms with Crippen molar-refractivity contribution < 1.29 is 0 Å². The Morgan fingerprint density at radius 3 is 2.94 bits per heavy atom. The van der Waals surface area contributed by atoms with Gasteiger partial charge >= 0.3 is 0 Å². The Hall–Kier alpha value is -1.74. The fourth-order valence-corrected chi connectivity index (χ4v) is 2.08. The van der Waals surface area contributed by atoms with E-state index in [0.29, 0.717) is 30.4 Å². The number of rotatable bonds is 2. The second-order valence-electron chi connectivity index (χ2n) is 3.46. The van der Waals surface area contributed by atoms with Crippen molar-refractivity contribution in [3.63, 3.8) is 0 Å². The molecule has 2 rings (SSSR count). The summed E-state index contributed by atoms with van der Waals surface area (Å²) < 4.78 is 1.68. The van der Waals surface area contributed by atoms with Crippen LogP contribution in [0.1, 0.15) is 5.56 Å². The van der Waals surface area contributed by atoms with Gasteiger partial charge in [0.05, 0.1) is 0 Å². The maximum absolute atomic E-state index is 9.06. The minimum Gasteiger partial charge on any atom is -0.382 e. The molecule has 1 aromatic rings. The largest absolute Gasteiger partial charge is 0.382 e. The van der Waals surface area contributed by atoms with Crippen molar-refractivity contribution in [1.82, 2.24) is 9.55 Å². The molecule has 0 spiro atoms. The molecule has 2 heterocycles. The molecule has 16 heavy (non-hydrogen) atoms. The van der Waals surface area contributed by atoms with E-state index in [0.717, 1.165) is 6.54 Å². The molecule has 0 radical (unpaired) electrons. The van der Waals surface area contributed by atoms with Gasteiger partial charge in [-0.3, -0.25) is 9.98 Å². The van der Waals surface area contributed by atoms with Crippen molar-refractivity contribution in [1.29, 1.82) is 10.7 Å². The van der Waals surface area contributed by atoms with Gasteiger partial charge in [0.25, 0.3) is 0 Å². The van der Waals surface area contributed by atoms with Crippen LogP contribution in [0.3, 0.4) is 0 Å². The molecule has 1 aliphatic heterocycles. The fourth-order valence-electron chi connectivity index (χ4n) is 1.87. The zero-order valence-corrected chi connectivity index (χ0v) is 9.33. The van der Waals surface area contributed by atoms with Crippen LogP contribution < -0.4 is 16.3 Å². The first-order valence-electron chi connectivity index (χ1n) is 4.85. The summed E-state index contributed by atoms with van der Waals surface area (Å²) in [5, 5.41) is 16.7. The Kier molecular flexibility index (Phi) is 2.71. The van der Waals surface area contributed by atoms with E-state index in [4.69, 9.17) is 28.0 Å². The molecule has 84 valence electrons. The summed E-state index contributed by atoms with van der Waals surface area (Å²) in [6, 6.07) is 2.03. The van der Waals surface area contributed by atoms with Crippen LogP contribution in [-0.2, 0) is 6.54 Å². The molecule has 0 saturated heterocycles. The van der Waals surface area contributed by atoms with E-state index < -0.39 is 0 Å². The van der Waals surface area contributed by atoms with Crippen LogP contribution in [-0.4, -0.2) is 28.5 Å². The second kappa shape index (κ2) is 4.02. The lowest BCUT2D eigenvalue weighted by atomic mass is 10.3. The second-order valence-corrected chi connectivity index (χ2v) is 3.84. The monoisotopic (exact) mass is 238 g/mol. The maximum Gasteiger partial charge on any atom is 0.225 e. The van der Waals surface area contributed by atoms with Crippen LogP contribution in [0.4, 0.5) is 11.6 Å². The van der Waals surface area contributed by atoms with E-state index in [1.807, 2.05) is 11.0 Å². The number of nitrogens with zero attached hydrogens (tertiary/aromatic N) is 4. The van der Waals surface area contributed by atoms with E-state index in [-0.39, 0.29) is 11.4 Å². The summed E-state index contributed by atoms with van der Waals surface area (Å²) in [6.45, 7) is 2.02. The molecule has 0 saturated carbocycles. The molecule has 1 aromatic heterocycles. The van der Waals surface area contributed by atoms with E-state index in [1.54, 1.807) is 4.57 Å². The highest BCUT2D eigenvalue weighted by Gasteiger charge is 2.24. The van der Waals surface area contributed by atoms with Crippen molar-refractivity contribution in [3.05, 3.63) is 11.2 Å². The van der Waals surface area contributed by atoms with Gasteiger partial charge in [-0.1, -0.05) is 0 Å². The molecule has 0 aliphatic carbocycles. The van der Waals surface area contributed by atoms with E-state index >= 15 is 0 Å². The van der Waals surface area contributed by atoms with Gasteiger partial charge in [0, 0.05) is 25.5 Å². The van der Waals surface area contributed by atoms with Gasteiger partial charge in [0.15, 0.2) is 0 Å². The zero-order chi connectivity index (χ0) is 11.7. The Bertz CT molecular complexity index is 514. The summed E-state index contributed by atoms with van der Waals surface area (Å²) in [4.78, 5) is 5.80. The lowest BCUT2D eigenvalue weighted by Gasteiger charge is -2.18. The highest BCUT2D eigenvalue weighted by molar-refractivity contribution is 6.18. The fraction of sp³-hybridized carbons (Fsp3) is 0.444. The third-order valence-corrected chi connectivity index (χ3v) is 2.75. The van der Waals surface area contributed by atoms with Crippen molar-refractivity contribution in [2.24, 2.45) is 0 Å². The SMILES string of the molecule is N#Cc1c(N)nc(=N)n2c1N(CCCl)CC2. The van der Waals surface area contributed by atoms with Crippen molar-refractivity contribution in [2.45, 2.75) is 6.54 Å². The van der Waals surface area contributed by atoms with Crippen LogP contribution in [0, 0.1) is 16.7 Å². The normalized spacial score (nSPS) is 13.6. The molecule has 0 aromatic carbocycles. The number of halogens is 1. The highest BCUT2D eigenvalue weighted by atomic mass is 35.5. The van der Waals surface area contributed by atoms with Gasteiger partial charge < -0.3 is 10.6 Å². The molecule has 7 heteroatoms. The standard InChI is InChI=1S/C9H11ClN6/c10-1-2-15-3-4-16-8(15)6(5-11)7(12)14-9(16)13/h1-4H2,(H3,12,13,14). The van der Waals surface area contributed by atoms with Crippen LogP contribution >= 0.6 is 11.6 Å². The first kappa shape index (κ1) is 10.8. The number of hydrogen-bond donors (Lipinski definition) is 2. The molecule has 0 bridgehead atoms. The predicted molar refractivity (Wildman–Crippen MR) is 60.1 cm³/mol. The van der Waals surface area contributed by atoms with E-state index in [1.165, 1.54) is 0 Å². The lowest BCUT2D eigenvalue weighted by molar-refractivity contribution is 0.705. The Morgan fingerprint density at radius 2 is 2.31 bits per heavy atom. The third kappa shape index (κ3) is 1.49. The van der Waals surface area contributed by atoms with Crippen molar-refractivity contribution >= 4 is 23.2 Å². The van der Waals surface area contributed by atoms with Crippen LogP contribution in [0.15, 0.2) is 0 Å². The van der Waals surface area contributed by atoms with Gasteiger partial charge in [-0.2, -0.15) is 10.2 Å².